The second kappa shape index (κ2) is 8.38. The highest BCUT2D eigenvalue weighted by Gasteiger charge is 2.14. The van der Waals surface area contributed by atoms with Gasteiger partial charge in [0, 0.05) is 29.9 Å². The first kappa shape index (κ1) is 19.2. The van der Waals surface area contributed by atoms with Crippen LogP contribution in [0.5, 0.6) is 0 Å². The van der Waals surface area contributed by atoms with E-state index in [1.807, 2.05) is 30.3 Å². The maximum Gasteiger partial charge on any atom is 0.272 e. The van der Waals surface area contributed by atoms with Crippen molar-refractivity contribution in [1.29, 1.82) is 5.26 Å². The van der Waals surface area contributed by atoms with Crippen molar-refractivity contribution >= 4 is 17.2 Å². The second-order valence-corrected chi connectivity index (χ2v) is 7.44. The van der Waals surface area contributed by atoms with E-state index < -0.39 is 0 Å². The molecule has 0 aliphatic rings. The summed E-state index contributed by atoms with van der Waals surface area (Å²) in [5.41, 5.74) is 2.23. The van der Waals surface area contributed by atoms with Gasteiger partial charge in [-0.1, -0.05) is 37.6 Å². The number of hydrogen-bond acceptors (Lipinski definition) is 4. The lowest BCUT2D eigenvalue weighted by molar-refractivity contribution is 0.437. The second-order valence-electron chi connectivity index (χ2n) is 7.00. The van der Waals surface area contributed by atoms with Crippen LogP contribution in [0.1, 0.15) is 49.6 Å². The lowest BCUT2D eigenvalue weighted by Gasteiger charge is -2.20. The van der Waals surface area contributed by atoms with E-state index in [1.54, 1.807) is 0 Å². The SMILES string of the molecule is CC(C)CCC(NCc1cc(=O)n2[nH]cc(C#N)c2n1)c1ccc(Cl)cc1. The highest BCUT2D eigenvalue weighted by molar-refractivity contribution is 6.30. The summed E-state index contributed by atoms with van der Waals surface area (Å²) in [6.07, 6.45) is 3.53. The number of rotatable bonds is 7. The Morgan fingerprint density at radius 1 is 1.30 bits per heavy atom. The molecular weight excluding hydrogens is 362 g/mol. The van der Waals surface area contributed by atoms with Crippen molar-refractivity contribution in [3.63, 3.8) is 0 Å². The summed E-state index contributed by atoms with van der Waals surface area (Å²) in [5, 5.41) is 16.1. The van der Waals surface area contributed by atoms with Crippen molar-refractivity contribution in [1.82, 2.24) is 19.9 Å². The van der Waals surface area contributed by atoms with E-state index in [2.05, 4.69) is 29.2 Å². The summed E-state index contributed by atoms with van der Waals surface area (Å²) in [5.74, 6) is 0.596. The molecule has 0 radical (unpaired) electrons. The van der Waals surface area contributed by atoms with Crippen molar-refractivity contribution in [2.24, 2.45) is 5.92 Å². The van der Waals surface area contributed by atoms with Crippen LogP contribution in [0.25, 0.3) is 5.65 Å². The van der Waals surface area contributed by atoms with E-state index in [0.717, 1.165) is 18.4 Å². The van der Waals surface area contributed by atoms with Crippen LogP contribution in [-0.2, 0) is 6.54 Å². The molecule has 0 saturated carbocycles. The number of aromatic nitrogens is 3. The third-order valence-electron chi connectivity index (χ3n) is 4.51. The standard InChI is InChI=1S/C20H22ClN5O/c1-13(2)3-8-18(14-4-6-16(21)7-5-14)23-12-17-9-19(27)26-20(25-17)15(10-22)11-24-26/h4-7,9,11,13,18,23-24H,3,8,12H2,1-2H3. The number of nitriles is 1. The third-order valence-corrected chi connectivity index (χ3v) is 4.76. The van der Waals surface area contributed by atoms with Crippen LogP contribution in [0, 0.1) is 17.2 Å². The van der Waals surface area contributed by atoms with E-state index in [4.69, 9.17) is 16.9 Å². The third kappa shape index (κ3) is 4.57. The fourth-order valence-electron chi connectivity index (χ4n) is 3.01. The smallest absolute Gasteiger partial charge is 0.272 e. The number of nitrogens with zero attached hydrogens (tertiary/aromatic N) is 3. The number of nitrogens with one attached hydrogen (secondary N) is 2. The molecule has 2 N–H and O–H groups in total. The lowest BCUT2D eigenvalue weighted by atomic mass is 9.97. The van der Waals surface area contributed by atoms with Crippen LogP contribution in [-0.4, -0.2) is 14.6 Å². The first-order valence-corrected chi connectivity index (χ1v) is 9.34. The van der Waals surface area contributed by atoms with Crippen LogP contribution in [0.4, 0.5) is 0 Å². The summed E-state index contributed by atoms with van der Waals surface area (Å²) in [4.78, 5) is 16.7. The molecule has 3 aromatic rings. The molecular formula is C20H22ClN5O. The van der Waals surface area contributed by atoms with Gasteiger partial charge in [0.15, 0.2) is 5.65 Å². The Labute approximate surface area is 162 Å². The molecule has 1 unspecified atom stereocenters. The maximum atomic E-state index is 12.2. The fraction of sp³-hybridized carbons (Fsp3) is 0.350. The molecule has 3 rings (SSSR count). The van der Waals surface area contributed by atoms with Gasteiger partial charge in [0.25, 0.3) is 5.56 Å². The molecule has 0 amide bonds. The Kier molecular flexibility index (Phi) is 5.94. The van der Waals surface area contributed by atoms with Crippen molar-refractivity contribution < 1.29 is 0 Å². The van der Waals surface area contributed by atoms with E-state index in [-0.39, 0.29) is 11.6 Å². The fourth-order valence-corrected chi connectivity index (χ4v) is 3.14. The van der Waals surface area contributed by atoms with Gasteiger partial charge in [0.1, 0.15) is 11.6 Å². The van der Waals surface area contributed by atoms with E-state index >= 15 is 0 Å². The zero-order chi connectivity index (χ0) is 19.4. The molecule has 1 aromatic carbocycles. The molecule has 2 heterocycles. The number of H-pyrrole nitrogens is 1. The van der Waals surface area contributed by atoms with Crippen molar-refractivity contribution in [3.05, 3.63) is 68.7 Å². The average Bonchev–Trinajstić information content (AvgIpc) is 3.06. The molecule has 0 fully saturated rings. The summed E-state index contributed by atoms with van der Waals surface area (Å²) in [7, 11) is 0. The normalized spacial score (nSPS) is 12.4. The van der Waals surface area contributed by atoms with E-state index in [0.29, 0.717) is 34.4 Å². The summed E-state index contributed by atoms with van der Waals surface area (Å²) in [6.45, 7) is 4.84. The van der Waals surface area contributed by atoms with Crippen molar-refractivity contribution in [2.75, 3.05) is 0 Å². The highest BCUT2D eigenvalue weighted by atomic mass is 35.5. The Morgan fingerprint density at radius 2 is 2.04 bits per heavy atom. The largest absolute Gasteiger partial charge is 0.304 e. The minimum atomic E-state index is -0.233. The summed E-state index contributed by atoms with van der Waals surface area (Å²) < 4.78 is 1.28. The van der Waals surface area contributed by atoms with Crippen LogP contribution in [0.3, 0.4) is 0 Å². The Bertz CT molecular complexity index is 1010. The molecule has 27 heavy (non-hydrogen) atoms. The van der Waals surface area contributed by atoms with Crippen LogP contribution in [0.15, 0.2) is 41.3 Å². The highest BCUT2D eigenvalue weighted by Crippen LogP contribution is 2.23. The molecule has 0 bridgehead atoms. The van der Waals surface area contributed by atoms with Gasteiger partial charge in [-0.25, -0.2) is 9.50 Å². The molecule has 0 saturated heterocycles. The molecule has 1 atom stereocenters. The van der Waals surface area contributed by atoms with Gasteiger partial charge in [-0.3, -0.25) is 9.89 Å². The van der Waals surface area contributed by atoms with Crippen LogP contribution >= 0.6 is 11.6 Å². The van der Waals surface area contributed by atoms with Gasteiger partial charge in [0.2, 0.25) is 0 Å². The molecule has 7 heteroatoms. The summed E-state index contributed by atoms with van der Waals surface area (Å²) >= 11 is 6.01. The minimum absolute atomic E-state index is 0.131. The molecule has 0 spiro atoms. The predicted octanol–water partition coefficient (Wildman–Crippen LogP) is 3.81. The van der Waals surface area contributed by atoms with Gasteiger partial charge < -0.3 is 5.32 Å². The van der Waals surface area contributed by atoms with Gasteiger partial charge in [-0.15, -0.1) is 0 Å². The van der Waals surface area contributed by atoms with Crippen molar-refractivity contribution in [3.8, 4) is 6.07 Å². The number of aromatic amines is 1. The molecule has 6 nitrogen and oxygen atoms in total. The van der Waals surface area contributed by atoms with Gasteiger partial charge in [-0.2, -0.15) is 5.26 Å². The van der Waals surface area contributed by atoms with Crippen molar-refractivity contribution in [2.45, 2.75) is 39.3 Å². The topological polar surface area (TPSA) is 86.0 Å². The predicted molar refractivity (Wildman–Crippen MR) is 106 cm³/mol. The van der Waals surface area contributed by atoms with E-state index in [9.17, 15) is 4.79 Å². The first-order chi connectivity index (χ1) is 13.0. The van der Waals surface area contributed by atoms with Gasteiger partial charge >= 0.3 is 0 Å². The summed E-state index contributed by atoms with van der Waals surface area (Å²) in [6, 6.07) is 11.5. The average molecular weight is 384 g/mol. The number of hydrogen-bond donors (Lipinski definition) is 2. The Balaban J connectivity index is 1.82. The number of benzene rings is 1. The zero-order valence-electron chi connectivity index (χ0n) is 15.4. The zero-order valence-corrected chi connectivity index (χ0v) is 16.1. The molecule has 0 aliphatic carbocycles. The van der Waals surface area contributed by atoms with Crippen LogP contribution in [0.2, 0.25) is 5.02 Å². The van der Waals surface area contributed by atoms with Crippen LogP contribution < -0.4 is 10.9 Å². The first-order valence-electron chi connectivity index (χ1n) is 8.97. The van der Waals surface area contributed by atoms with E-state index in [1.165, 1.54) is 16.8 Å². The Hall–Kier alpha value is -2.62. The monoisotopic (exact) mass is 383 g/mol. The lowest BCUT2D eigenvalue weighted by Crippen LogP contribution is -2.24. The van der Waals surface area contributed by atoms with Gasteiger partial charge in [0.05, 0.1) is 5.69 Å². The quantitative estimate of drug-likeness (QED) is 0.649. The molecule has 0 aliphatic heterocycles. The Morgan fingerprint density at radius 3 is 2.70 bits per heavy atom. The number of halogens is 1. The minimum Gasteiger partial charge on any atom is -0.304 e. The maximum absolute atomic E-state index is 12.2. The molecule has 140 valence electrons. The molecule has 2 aromatic heterocycles. The number of fused-ring (bicyclic) bond motifs is 1. The van der Waals surface area contributed by atoms with Gasteiger partial charge in [-0.05, 0) is 36.5 Å².